The number of rotatable bonds is 8. The van der Waals surface area contributed by atoms with Crippen LogP contribution in [0.3, 0.4) is 0 Å². The van der Waals surface area contributed by atoms with E-state index in [4.69, 9.17) is 9.47 Å². The van der Waals surface area contributed by atoms with Gasteiger partial charge in [-0.3, -0.25) is 9.69 Å². The number of carbonyl (C=O) groups is 1. The minimum absolute atomic E-state index is 0.0230. The second kappa shape index (κ2) is 11.5. The van der Waals surface area contributed by atoms with E-state index < -0.39 is 5.60 Å². The first-order valence-electron chi connectivity index (χ1n) is 14.0. The van der Waals surface area contributed by atoms with Gasteiger partial charge in [-0.2, -0.15) is 0 Å². The van der Waals surface area contributed by atoms with Gasteiger partial charge in [-0.15, -0.1) is 0 Å². The topological polar surface area (TPSA) is 71.0 Å². The van der Waals surface area contributed by atoms with Crippen LogP contribution in [0.15, 0.2) is 42.5 Å². The summed E-state index contributed by atoms with van der Waals surface area (Å²) in [5, 5.41) is 13.5. The summed E-state index contributed by atoms with van der Waals surface area (Å²) in [6.07, 6.45) is 7.28. The van der Waals surface area contributed by atoms with Crippen molar-refractivity contribution >= 4 is 5.91 Å². The molecular weight excluding hydrogens is 464 g/mol. The summed E-state index contributed by atoms with van der Waals surface area (Å²) in [6, 6.07) is 14.4. The fourth-order valence-corrected chi connectivity index (χ4v) is 6.02. The molecule has 3 aliphatic rings. The zero-order valence-electron chi connectivity index (χ0n) is 22.4. The molecule has 0 saturated carbocycles. The van der Waals surface area contributed by atoms with Gasteiger partial charge in [0, 0.05) is 24.8 Å². The normalized spacial score (nSPS) is 23.0. The molecule has 6 nitrogen and oxygen atoms in total. The molecule has 1 aliphatic carbocycles. The molecule has 2 N–H and O–H groups in total. The first-order valence-corrected chi connectivity index (χ1v) is 14.0. The summed E-state index contributed by atoms with van der Waals surface area (Å²) in [7, 11) is 0. The lowest BCUT2D eigenvalue weighted by Gasteiger charge is -2.38. The summed E-state index contributed by atoms with van der Waals surface area (Å²) >= 11 is 0. The zero-order chi connectivity index (χ0) is 25.8. The minimum atomic E-state index is -0.577. The third-order valence-electron chi connectivity index (χ3n) is 8.40. The van der Waals surface area contributed by atoms with Crippen LogP contribution in [-0.4, -0.2) is 60.0 Å². The molecule has 0 spiro atoms. The van der Waals surface area contributed by atoms with Gasteiger partial charge in [-0.1, -0.05) is 18.2 Å². The molecule has 2 saturated heterocycles. The largest absolute Gasteiger partial charge is 0.491 e. The Morgan fingerprint density at radius 2 is 1.86 bits per heavy atom. The Labute approximate surface area is 221 Å². The standard InChI is InChI=1S/C31H42N2O4/c1-31(2,35)26-13-15-33(16-14-26)20-22-5-6-25-19-27(10-7-24(25)18-22)32-30(34)23-8-11-28(12-9-23)37-21-29-4-3-17-36-29/h5-6,8-9,11-12,18,26-27,29,35H,3-4,7,10,13-17,19-21H2,1-2H3,(H,32,34)/t27-,29-/m0/s1. The number of hydrogen-bond donors (Lipinski definition) is 2. The number of ether oxygens (including phenoxy) is 2. The highest BCUT2D eigenvalue weighted by molar-refractivity contribution is 5.94. The first-order chi connectivity index (χ1) is 17.8. The van der Waals surface area contributed by atoms with Gasteiger partial charge in [0.1, 0.15) is 12.4 Å². The maximum Gasteiger partial charge on any atom is 0.251 e. The molecule has 0 unspecified atom stereocenters. The molecule has 2 atom stereocenters. The predicted molar refractivity (Wildman–Crippen MR) is 145 cm³/mol. The highest BCUT2D eigenvalue weighted by Crippen LogP contribution is 2.29. The van der Waals surface area contributed by atoms with Crippen molar-refractivity contribution in [2.24, 2.45) is 5.92 Å². The fraction of sp³-hybridized carbons (Fsp3) is 0.581. The lowest BCUT2D eigenvalue weighted by Crippen LogP contribution is -2.41. The van der Waals surface area contributed by atoms with Crippen LogP contribution in [0.4, 0.5) is 0 Å². The van der Waals surface area contributed by atoms with Gasteiger partial charge in [0.2, 0.25) is 0 Å². The van der Waals surface area contributed by atoms with Crippen LogP contribution in [0.25, 0.3) is 0 Å². The van der Waals surface area contributed by atoms with E-state index in [9.17, 15) is 9.90 Å². The highest BCUT2D eigenvalue weighted by Gasteiger charge is 2.30. The smallest absolute Gasteiger partial charge is 0.251 e. The molecule has 2 heterocycles. The van der Waals surface area contributed by atoms with Crippen LogP contribution in [0.5, 0.6) is 5.75 Å². The van der Waals surface area contributed by atoms with Crippen molar-refractivity contribution in [2.45, 2.75) is 83.1 Å². The number of nitrogens with zero attached hydrogens (tertiary/aromatic N) is 1. The number of nitrogens with one attached hydrogen (secondary N) is 1. The third kappa shape index (κ3) is 6.92. The van der Waals surface area contributed by atoms with E-state index >= 15 is 0 Å². The van der Waals surface area contributed by atoms with Crippen LogP contribution < -0.4 is 10.1 Å². The zero-order valence-corrected chi connectivity index (χ0v) is 22.4. The number of carbonyl (C=O) groups excluding carboxylic acids is 1. The number of amides is 1. The maximum absolute atomic E-state index is 12.9. The summed E-state index contributed by atoms with van der Waals surface area (Å²) in [4.78, 5) is 15.4. The molecule has 5 rings (SSSR count). The van der Waals surface area contributed by atoms with Crippen molar-refractivity contribution in [3.8, 4) is 5.75 Å². The van der Waals surface area contributed by atoms with Crippen LogP contribution in [0.1, 0.15) is 73.0 Å². The van der Waals surface area contributed by atoms with E-state index in [1.807, 2.05) is 38.1 Å². The highest BCUT2D eigenvalue weighted by atomic mass is 16.5. The number of hydrogen-bond acceptors (Lipinski definition) is 5. The SMILES string of the molecule is CC(C)(O)C1CCN(Cc2ccc3c(c2)CC[C@H](NC(=O)c2ccc(OC[C@@H]4CCCO4)cc2)C3)CC1. The Morgan fingerprint density at radius 3 is 2.57 bits per heavy atom. The van der Waals surface area contributed by atoms with Gasteiger partial charge < -0.3 is 19.9 Å². The van der Waals surface area contributed by atoms with Crippen molar-refractivity contribution in [2.75, 3.05) is 26.3 Å². The van der Waals surface area contributed by atoms with Gasteiger partial charge in [0.15, 0.2) is 0 Å². The lowest BCUT2D eigenvalue weighted by atomic mass is 9.83. The van der Waals surface area contributed by atoms with Crippen LogP contribution in [0, 0.1) is 5.92 Å². The molecule has 0 aromatic heterocycles. The summed E-state index contributed by atoms with van der Waals surface area (Å²) in [5.41, 5.74) is 4.22. The Bertz CT molecular complexity index is 1050. The van der Waals surface area contributed by atoms with E-state index in [-0.39, 0.29) is 18.1 Å². The molecule has 0 bridgehead atoms. The number of aliphatic hydroxyl groups is 1. The lowest BCUT2D eigenvalue weighted by molar-refractivity contribution is -0.0136. The third-order valence-corrected chi connectivity index (χ3v) is 8.40. The van der Waals surface area contributed by atoms with Crippen molar-refractivity contribution in [3.05, 3.63) is 64.7 Å². The number of piperidine rings is 1. The summed E-state index contributed by atoms with van der Waals surface area (Å²) in [6.45, 7) is 8.32. The molecule has 37 heavy (non-hydrogen) atoms. The van der Waals surface area contributed by atoms with Gasteiger partial charge in [0.25, 0.3) is 5.91 Å². The molecule has 2 aliphatic heterocycles. The van der Waals surface area contributed by atoms with E-state index in [1.54, 1.807) is 0 Å². The van der Waals surface area contributed by atoms with Gasteiger partial charge >= 0.3 is 0 Å². The first kappa shape index (κ1) is 26.2. The molecule has 200 valence electrons. The van der Waals surface area contributed by atoms with Crippen LogP contribution >= 0.6 is 0 Å². The fourth-order valence-electron chi connectivity index (χ4n) is 6.02. The Balaban J connectivity index is 1.09. The number of benzene rings is 2. The number of likely N-dealkylation sites (tertiary alicyclic amines) is 1. The molecule has 2 aromatic rings. The quantitative estimate of drug-likeness (QED) is 0.551. The van der Waals surface area contributed by atoms with E-state index in [0.717, 1.165) is 76.9 Å². The molecule has 1 amide bonds. The van der Waals surface area contributed by atoms with E-state index in [1.165, 1.54) is 16.7 Å². The summed E-state index contributed by atoms with van der Waals surface area (Å²) < 4.78 is 11.4. The van der Waals surface area contributed by atoms with Gasteiger partial charge in [0.05, 0.1) is 11.7 Å². The Morgan fingerprint density at radius 1 is 1.08 bits per heavy atom. The monoisotopic (exact) mass is 506 g/mol. The summed E-state index contributed by atoms with van der Waals surface area (Å²) in [5.74, 6) is 1.14. The van der Waals surface area contributed by atoms with E-state index in [2.05, 4.69) is 28.4 Å². The average Bonchev–Trinajstić information content (AvgIpc) is 3.41. The molecule has 6 heteroatoms. The molecular formula is C31H42N2O4. The Hall–Kier alpha value is -2.41. The second-order valence-electron chi connectivity index (χ2n) is 11.7. The van der Waals surface area contributed by atoms with Gasteiger partial charge in [-0.05, 0) is 119 Å². The maximum atomic E-state index is 12.9. The minimum Gasteiger partial charge on any atom is -0.491 e. The van der Waals surface area contributed by atoms with Crippen molar-refractivity contribution in [1.82, 2.24) is 10.2 Å². The molecule has 2 fully saturated rings. The number of fused-ring (bicyclic) bond motifs is 1. The Kier molecular flexibility index (Phi) is 8.18. The van der Waals surface area contributed by atoms with E-state index in [0.29, 0.717) is 18.1 Å². The van der Waals surface area contributed by atoms with Crippen molar-refractivity contribution in [1.29, 1.82) is 0 Å². The second-order valence-corrected chi connectivity index (χ2v) is 11.7. The predicted octanol–water partition coefficient (Wildman–Crippen LogP) is 4.51. The van der Waals surface area contributed by atoms with Crippen LogP contribution in [0.2, 0.25) is 0 Å². The average molecular weight is 507 g/mol. The molecule has 0 radical (unpaired) electrons. The molecule has 2 aromatic carbocycles. The van der Waals surface area contributed by atoms with Crippen LogP contribution in [-0.2, 0) is 24.1 Å². The van der Waals surface area contributed by atoms with Crippen molar-refractivity contribution < 1.29 is 19.4 Å². The van der Waals surface area contributed by atoms with Crippen molar-refractivity contribution in [3.63, 3.8) is 0 Å². The van der Waals surface area contributed by atoms with Gasteiger partial charge in [-0.25, -0.2) is 0 Å². The number of aryl methyl sites for hydroxylation is 1.